The Balaban J connectivity index is 2.88. The molecule has 0 saturated heterocycles. The van der Waals surface area contributed by atoms with E-state index >= 15 is 0 Å². The van der Waals surface area contributed by atoms with Gasteiger partial charge in [-0.1, -0.05) is 18.2 Å². The second-order valence-electron chi connectivity index (χ2n) is 3.03. The zero-order valence-electron chi connectivity index (χ0n) is 7.60. The van der Waals surface area contributed by atoms with E-state index in [-0.39, 0.29) is 5.69 Å². The topological polar surface area (TPSA) is 56.0 Å². The Labute approximate surface area is 80.4 Å². The maximum Gasteiger partial charge on any atom is 0.295 e. The summed E-state index contributed by atoms with van der Waals surface area (Å²) in [5, 5.41) is 12.2. The van der Waals surface area contributed by atoms with E-state index < -0.39 is 4.92 Å². The molecule has 1 heterocycles. The van der Waals surface area contributed by atoms with Gasteiger partial charge in [-0.15, -0.1) is 0 Å². The number of pyridine rings is 1. The normalized spacial score (nSPS) is 10.4. The van der Waals surface area contributed by atoms with E-state index in [1.54, 1.807) is 12.1 Å². The number of nitro groups is 1. The summed E-state index contributed by atoms with van der Waals surface area (Å²) >= 11 is 0. The summed E-state index contributed by atoms with van der Waals surface area (Å²) in [5.41, 5.74) is 0.873. The van der Waals surface area contributed by atoms with Gasteiger partial charge in [-0.25, -0.2) is 0 Å². The Morgan fingerprint density at radius 1 is 1.29 bits per heavy atom. The van der Waals surface area contributed by atoms with Gasteiger partial charge in [0.2, 0.25) is 0 Å². The minimum Gasteiger partial charge on any atom is -0.258 e. The summed E-state index contributed by atoms with van der Waals surface area (Å²) in [6, 6.07) is 7.21. The van der Waals surface area contributed by atoms with Gasteiger partial charge in [0.1, 0.15) is 6.20 Å². The summed E-state index contributed by atoms with van der Waals surface area (Å²) in [6.45, 7) is 1.84. The molecule has 0 amide bonds. The molecule has 0 atom stereocenters. The van der Waals surface area contributed by atoms with Crippen LogP contribution in [0.15, 0.2) is 30.5 Å². The molecular formula is C10H8N2O2. The second kappa shape index (κ2) is 3.06. The van der Waals surface area contributed by atoms with Gasteiger partial charge >= 0.3 is 0 Å². The van der Waals surface area contributed by atoms with Crippen molar-refractivity contribution in [2.45, 2.75) is 6.92 Å². The summed E-state index contributed by atoms with van der Waals surface area (Å²) in [4.78, 5) is 14.3. The standard InChI is InChI=1S/C10H8N2O2/c1-7-8-4-2-3-5-9(8)10(6-11-7)12(13)14/h2-6H,1H3. The van der Waals surface area contributed by atoms with Crippen LogP contribution in [-0.2, 0) is 0 Å². The minimum absolute atomic E-state index is 0.0613. The van der Waals surface area contributed by atoms with Gasteiger partial charge in [-0.3, -0.25) is 15.1 Å². The van der Waals surface area contributed by atoms with Gasteiger partial charge in [0.05, 0.1) is 10.3 Å². The molecule has 0 unspecified atom stereocenters. The van der Waals surface area contributed by atoms with Gasteiger partial charge in [-0.05, 0) is 13.0 Å². The molecule has 1 aromatic carbocycles. The zero-order chi connectivity index (χ0) is 10.1. The van der Waals surface area contributed by atoms with E-state index in [1.807, 2.05) is 19.1 Å². The molecular weight excluding hydrogens is 180 g/mol. The van der Waals surface area contributed by atoms with E-state index in [0.717, 1.165) is 11.1 Å². The number of nitrogens with zero attached hydrogens (tertiary/aromatic N) is 2. The van der Waals surface area contributed by atoms with Crippen LogP contribution in [-0.4, -0.2) is 9.91 Å². The van der Waals surface area contributed by atoms with Crippen LogP contribution in [0.1, 0.15) is 5.69 Å². The van der Waals surface area contributed by atoms with Gasteiger partial charge in [0.25, 0.3) is 5.69 Å². The highest BCUT2D eigenvalue weighted by Crippen LogP contribution is 2.25. The Morgan fingerprint density at radius 3 is 2.57 bits per heavy atom. The fraction of sp³-hybridized carbons (Fsp3) is 0.100. The number of aryl methyl sites for hydroxylation is 1. The Morgan fingerprint density at radius 2 is 1.93 bits per heavy atom. The molecule has 0 radical (unpaired) electrons. The van der Waals surface area contributed by atoms with Crippen LogP contribution in [0.3, 0.4) is 0 Å². The third-order valence-corrected chi connectivity index (χ3v) is 2.17. The summed E-state index contributed by atoms with van der Waals surface area (Å²) < 4.78 is 0. The Hall–Kier alpha value is -1.97. The summed E-state index contributed by atoms with van der Waals surface area (Å²) in [6.07, 6.45) is 1.30. The molecule has 0 aliphatic rings. The van der Waals surface area contributed by atoms with Crippen LogP contribution >= 0.6 is 0 Å². The number of benzene rings is 1. The molecule has 0 aliphatic heterocycles. The van der Waals surface area contributed by atoms with Crippen LogP contribution in [0.4, 0.5) is 5.69 Å². The monoisotopic (exact) mass is 188 g/mol. The van der Waals surface area contributed by atoms with Crippen LogP contribution in [0.25, 0.3) is 10.8 Å². The van der Waals surface area contributed by atoms with Crippen LogP contribution < -0.4 is 0 Å². The maximum absolute atomic E-state index is 10.7. The number of fused-ring (bicyclic) bond motifs is 1. The third-order valence-electron chi connectivity index (χ3n) is 2.17. The van der Waals surface area contributed by atoms with Crippen molar-refractivity contribution in [3.05, 3.63) is 46.3 Å². The van der Waals surface area contributed by atoms with Crippen molar-refractivity contribution < 1.29 is 4.92 Å². The largest absolute Gasteiger partial charge is 0.295 e. The lowest BCUT2D eigenvalue weighted by Crippen LogP contribution is -1.92. The average Bonchev–Trinajstić information content (AvgIpc) is 2.18. The van der Waals surface area contributed by atoms with Gasteiger partial charge in [0, 0.05) is 11.1 Å². The molecule has 0 aliphatic carbocycles. The molecule has 4 nitrogen and oxygen atoms in total. The predicted molar refractivity (Wildman–Crippen MR) is 53.1 cm³/mol. The van der Waals surface area contributed by atoms with Crippen LogP contribution in [0.5, 0.6) is 0 Å². The minimum atomic E-state index is -0.408. The molecule has 2 aromatic rings. The molecule has 2 rings (SSSR count). The van der Waals surface area contributed by atoms with E-state index in [9.17, 15) is 10.1 Å². The number of aromatic nitrogens is 1. The van der Waals surface area contributed by atoms with Crippen molar-refractivity contribution in [1.29, 1.82) is 0 Å². The fourth-order valence-corrected chi connectivity index (χ4v) is 1.46. The molecule has 0 bridgehead atoms. The van der Waals surface area contributed by atoms with E-state index in [4.69, 9.17) is 0 Å². The lowest BCUT2D eigenvalue weighted by atomic mass is 10.1. The summed E-state index contributed by atoms with van der Waals surface area (Å²) in [5.74, 6) is 0. The first-order chi connectivity index (χ1) is 6.70. The van der Waals surface area contributed by atoms with Crippen molar-refractivity contribution in [1.82, 2.24) is 4.98 Å². The zero-order valence-corrected chi connectivity index (χ0v) is 7.60. The van der Waals surface area contributed by atoms with Crippen molar-refractivity contribution >= 4 is 16.5 Å². The molecule has 70 valence electrons. The van der Waals surface area contributed by atoms with E-state index in [2.05, 4.69) is 4.98 Å². The van der Waals surface area contributed by atoms with Crippen molar-refractivity contribution in [3.8, 4) is 0 Å². The quantitative estimate of drug-likeness (QED) is 0.510. The van der Waals surface area contributed by atoms with Gasteiger partial charge in [-0.2, -0.15) is 0 Å². The lowest BCUT2D eigenvalue weighted by molar-refractivity contribution is -0.383. The maximum atomic E-state index is 10.7. The molecule has 0 N–H and O–H groups in total. The highest BCUT2D eigenvalue weighted by molar-refractivity contribution is 5.91. The van der Waals surface area contributed by atoms with Crippen molar-refractivity contribution in [2.75, 3.05) is 0 Å². The van der Waals surface area contributed by atoms with E-state index in [1.165, 1.54) is 6.20 Å². The molecule has 4 heteroatoms. The van der Waals surface area contributed by atoms with Crippen molar-refractivity contribution in [2.24, 2.45) is 0 Å². The fourth-order valence-electron chi connectivity index (χ4n) is 1.46. The van der Waals surface area contributed by atoms with E-state index in [0.29, 0.717) is 5.39 Å². The Kier molecular flexibility index (Phi) is 1.89. The second-order valence-corrected chi connectivity index (χ2v) is 3.03. The smallest absolute Gasteiger partial charge is 0.258 e. The number of rotatable bonds is 1. The number of hydrogen-bond donors (Lipinski definition) is 0. The molecule has 14 heavy (non-hydrogen) atoms. The molecule has 0 saturated carbocycles. The van der Waals surface area contributed by atoms with Gasteiger partial charge in [0.15, 0.2) is 0 Å². The SMILES string of the molecule is Cc1ncc([N+](=O)[O-])c2ccccc12. The first-order valence-electron chi connectivity index (χ1n) is 4.19. The third kappa shape index (κ3) is 1.21. The van der Waals surface area contributed by atoms with Crippen LogP contribution in [0, 0.1) is 17.0 Å². The molecule has 0 fully saturated rings. The summed E-state index contributed by atoms with van der Waals surface area (Å²) in [7, 11) is 0. The number of hydrogen-bond acceptors (Lipinski definition) is 3. The van der Waals surface area contributed by atoms with Crippen molar-refractivity contribution in [3.63, 3.8) is 0 Å². The highest BCUT2D eigenvalue weighted by Gasteiger charge is 2.12. The molecule has 0 spiro atoms. The predicted octanol–water partition coefficient (Wildman–Crippen LogP) is 2.45. The average molecular weight is 188 g/mol. The van der Waals surface area contributed by atoms with Crippen LogP contribution in [0.2, 0.25) is 0 Å². The van der Waals surface area contributed by atoms with Gasteiger partial charge < -0.3 is 0 Å². The highest BCUT2D eigenvalue weighted by atomic mass is 16.6. The lowest BCUT2D eigenvalue weighted by Gasteiger charge is -2.00. The Bertz CT molecular complexity index is 508. The molecule has 1 aromatic heterocycles. The first-order valence-corrected chi connectivity index (χ1v) is 4.19. The first kappa shape index (κ1) is 8.62.